The molecule has 1 saturated heterocycles. The summed E-state index contributed by atoms with van der Waals surface area (Å²) in [6.45, 7) is 2.50. The minimum Gasteiger partial charge on any atom is -0.396 e. The molecule has 2 aromatic rings. The van der Waals surface area contributed by atoms with E-state index in [1.807, 2.05) is 6.92 Å². The molecular formula is C12H13F2N5O. The number of halogens is 2. The molecule has 2 unspecified atom stereocenters. The molecule has 0 amide bonds. The first kappa shape index (κ1) is 12.9. The van der Waals surface area contributed by atoms with Crippen LogP contribution < -0.4 is 5.73 Å². The maximum absolute atomic E-state index is 13.9. The van der Waals surface area contributed by atoms with Crippen LogP contribution in [0.3, 0.4) is 0 Å². The van der Waals surface area contributed by atoms with E-state index in [1.165, 1.54) is 10.7 Å². The highest BCUT2D eigenvalue weighted by atomic mass is 19.1. The van der Waals surface area contributed by atoms with Gasteiger partial charge in [0, 0.05) is 12.7 Å². The maximum Gasteiger partial charge on any atom is 0.185 e. The first-order valence-corrected chi connectivity index (χ1v) is 6.22. The summed E-state index contributed by atoms with van der Waals surface area (Å²) in [6, 6.07) is 1.86. The van der Waals surface area contributed by atoms with Crippen LogP contribution in [0.2, 0.25) is 0 Å². The quantitative estimate of drug-likeness (QED) is 0.845. The Balaban J connectivity index is 2.08. The molecule has 8 heteroatoms. The van der Waals surface area contributed by atoms with Gasteiger partial charge in [-0.05, 0) is 29.8 Å². The standard InChI is InChI=1S/C12H13F2N5O/c1-6-11(2-3-20-6)19-12(16-17-18-19)7-4-10(15)9(14)5-8(7)13/h4-6,11H,2-3,15H2,1H3. The lowest BCUT2D eigenvalue weighted by molar-refractivity contribution is 0.105. The molecule has 1 aromatic heterocycles. The minimum absolute atomic E-state index is 0.0712. The molecule has 2 heterocycles. The van der Waals surface area contributed by atoms with Crippen molar-refractivity contribution < 1.29 is 13.5 Å². The number of nitrogen functional groups attached to an aromatic ring is 1. The molecule has 1 fully saturated rings. The summed E-state index contributed by atoms with van der Waals surface area (Å²) in [4.78, 5) is 0. The highest BCUT2D eigenvalue weighted by Crippen LogP contribution is 2.31. The number of tetrazole rings is 1. The summed E-state index contributed by atoms with van der Waals surface area (Å²) in [7, 11) is 0. The van der Waals surface area contributed by atoms with Crippen molar-refractivity contribution in [1.82, 2.24) is 20.2 Å². The fourth-order valence-electron chi connectivity index (χ4n) is 2.37. The van der Waals surface area contributed by atoms with E-state index in [4.69, 9.17) is 10.5 Å². The van der Waals surface area contributed by atoms with Gasteiger partial charge in [-0.2, -0.15) is 0 Å². The van der Waals surface area contributed by atoms with Crippen molar-refractivity contribution in [2.24, 2.45) is 0 Å². The largest absolute Gasteiger partial charge is 0.396 e. The Hall–Kier alpha value is -2.09. The summed E-state index contributed by atoms with van der Waals surface area (Å²) >= 11 is 0. The topological polar surface area (TPSA) is 78.8 Å². The van der Waals surface area contributed by atoms with E-state index in [1.54, 1.807) is 0 Å². The van der Waals surface area contributed by atoms with Crippen LogP contribution in [-0.4, -0.2) is 32.9 Å². The number of anilines is 1. The van der Waals surface area contributed by atoms with Gasteiger partial charge >= 0.3 is 0 Å². The van der Waals surface area contributed by atoms with E-state index in [9.17, 15) is 8.78 Å². The van der Waals surface area contributed by atoms with Crippen LogP contribution in [0, 0.1) is 11.6 Å². The molecule has 6 nitrogen and oxygen atoms in total. The fraction of sp³-hybridized carbons (Fsp3) is 0.417. The number of hydrogen-bond acceptors (Lipinski definition) is 5. The lowest BCUT2D eigenvalue weighted by Gasteiger charge is -2.15. The number of ether oxygens (including phenoxy) is 1. The van der Waals surface area contributed by atoms with Crippen molar-refractivity contribution in [3.63, 3.8) is 0 Å². The lowest BCUT2D eigenvalue weighted by Crippen LogP contribution is -2.19. The van der Waals surface area contributed by atoms with Crippen LogP contribution in [0.1, 0.15) is 19.4 Å². The van der Waals surface area contributed by atoms with Gasteiger partial charge in [0.1, 0.15) is 11.6 Å². The number of aromatic nitrogens is 4. The Bertz CT molecular complexity index is 645. The zero-order valence-corrected chi connectivity index (χ0v) is 10.8. The fourth-order valence-corrected chi connectivity index (χ4v) is 2.37. The smallest absolute Gasteiger partial charge is 0.185 e. The van der Waals surface area contributed by atoms with Gasteiger partial charge in [0.15, 0.2) is 5.82 Å². The zero-order valence-electron chi connectivity index (χ0n) is 10.8. The number of rotatable bonds is 2. The molecule has 2 N–H and O–H groups in total. The summed E-state index contributed by atoms with van der Waals surface area (Å²) in [5, 5.41) is 11.3. The number of nitrogens with two attached hydrogens (primary N) is 1. The highest BCUT2D eigenvalue weighted by Gasteiger charge is 2.30. The molecule has 3 rings (SSSR count). The summed E-state index contributed by atoms with van der Waals surface area (Å²) in [5.74, 6) is -1.33. The third-order valence-electron chi connectivity index (χ3n) is 3.47. The average Bonchev–Trinajstić information content (AvgIpc) is 3.02. The average molecular weight is 281 g/mol. The molecule has 0 saturated carbocycles. The van der Waals surface area contributed by atoms with E-state index in [2.05, 4.69) is 15.5 Å². The molecule has 20 heavy (non-hydrogen) atoms. The van der Waals surface area contributed by atoms with Gasteiger partial charge in [-0.1, -0.05) is 0 Å². The van der Waals surface area contributed by atoms with Crippen LogP contribution in [0.25, 0.3) is 11.4 Å². The van der Waals surface area contributed by atoms with Crippen LogP contribution >= 0.6 is 0 Å². The Kier molecular flexibility index (Phi) is 3.09. The van der Waals surface area contributed by atoms with E-state index in [0.29, 0.717) is 6.61 Å². The Morgan fingerprint density at radius 1 is 1.35 bits per heavy atom. The molecule has 1 aliphatic rings. The normalized spacial score (nSPS) is 22.4. The van der Waals surface area contributed by atoms with E-state index in [-0.39, 0.29) is 29.2 Å². The molecule has 1 aliphatic heterocycles. The van der Waals surface area contributed by atoms with Crippen LogP contribution in [0.5, 0.6) is 0 Å². The molecule has 2 atom stereocenters. The van der Waals surface area contributed by atoms with Gasteiger partial charge in [0.25, 0.3) is 0 Å². The molecule has 106 valence electrons. The SMILES string of the molecule is CC1OCCC1n1nnnc1-c1cc(N)c(F)cc1F. The van der Waals surface area contributed by atoms with Crippen molar-refractivity contribution in [1.29, 1.82) is 0 Å². The molecule has 0 bridgehead atoms. The summed E-state index contributed by atoms with van der Waals surface area (Å²) in [6.07, 6.45) is 0.662. The molecule has 0 radical (unpaired) electrons. The van der Waals surface area contributed by atoms with E-state index < -0.39 is 11.6 Å². The second kappa shape index (κ2) is 4.78. The van der Waals surface area contributed by atoms with Crippen LogP contribution in [0.15, 0.2) is 12.1 Å². The number of hydrogen-bond donors (Lipinski definition) is 1. The third kappa shape index (κ3) is 2.01. The van der Waals surface area contributed by atoms with Gasteiger partial charge in [-0.3, -0.25) is 0 Å². The summed E-state index contributed by atoms with van der Waals surface area (Å²) < 4.78 is 34.1. The van der Waals surface area contributed by atoms with Crippen LogP contribution in [-0.2, 0) is 4.74 Å². The Labute approximate surface area is 113 Å². The minimum atomic E-state index is -0.803. The predicted molar refractivity (Wildman–Crippen MR) is 66.6 cm³/mol. The molecule has 0 spiro atoms. The monoisotopic (exact) mass is 281 g/mol. The van der Waals surface area contributed by atoms with E-state index >= 15 is 0 Å². The number of nitrogens with zero attached hydrogens (tertiary/aromatic N) is 4. The van der Waals surface area contributed by atoms with Crippen molar-refractivity contribution >= 4 is 5.69 Å². The van der Waals surface area contributed by atoms with Gasteiger partial charge in [0.2, 0.25) is 0 Å². The van der Waals surface area contributed by atoms with Gasteiger partial charge < -0.3 is 10.5 Å². The third-order valence-corrected chi connectivity index (χ3v) is 3.47. The second-order valence-corrected chi connectivity index (χ2v) is 4.73. The second-order valence-electron chi connectivity index (χ2n) is 4.73. The predicted octanol–water partition coefficient (Wildman–Crippen LogP) is 1.55. The van der Waals surface area contributed by atoms with Gasteiger partial charge in [-0.25, -0.2) is 13.5 Å². The summed E-state index contributed by atoms with van der Waals surface area (Å²) in [5.41, 5.74) is 5.41. The lowest BCUT2D eigenvalue weighted by atomic mass is 10.1. The van der Waals surface area contributed by atoms with Crippen LogP contribution in [0.4, 0.5) is 14.5 Å². The Morgan fingerprint density at radius 2 is 2.15 bits per heavy atom. The molecule has 1 aromatic carbocycles. The first-order chi connectivity index (χ1) is 9.58. The van der Waals surface area contributed by atoms with Crippen molar-refractivity contribution in [3.05, 3.63) is 23.8 Å². The highest BCUT2D eigenvalue weighted by molar-refractivity contribution is 5.62. The van der Waals surface area contributed by atoms with Gasteiger partial charge in [-0.15, -0.1) is 5.10 Å². The Morgan fingerprint density at radius 3 is 2.85 bits per heavy atom. The van der Waals surface area contributed by atoms with Crippen molar-refractivity contribution in [3.8, 4) is 11.4 Å². The zero-order chi connectivity index (χ0) is 14.3. The molecular weight excluding hydrogens is 268 g/mol. The van der Waals surface area contributed by atoms with Gasteiger partial charge in [0.05, 0.1) is 23.4 Å². The number of benzene rings is 1. The van der Waals surface area contributed by atoms with Crippen molar-refractivity contribution in [2.45, 2.75) is 25.5 Å². The van der Waals surface area contributed by atoms with Crippen molar-refractivity contribution in [2.75, 3.05) is 12.3 Å². The first-order valence-electron chi connectivity index (χ1n) is 6.22. The maximum atomic E-state index is 13.9. The molecule has 0 aliphatic carbocycles. The van der Waals surface area contributed by atoms with E-state index in [0.717, 1.165) is 12.5 Å².